The van der Waals surface area contributed by atoms with E-state index in [0.29, 0.717) is 6.04 Å². The molecule has 1 aliphatic heterocycles. The summed E-state index contributed by atoms with van der Waals surface area (Å²) in [5, 5.41) is 3.53. The van der Waals surface area contributed by atoms with Crippen molar-refractivity contribution in [1.82, 2.24) is 5.32 Å². The molecule has 0 spiro atoms. The zero-order chi connectivity index (χ0) is 12.3. The number of thioether (sulfide) groups is 1. The third kappa shape index (κ3) is 3.26. The zero-order valence-corrected chi connectivity index (χ0v) is 11.9. The Morgan fingerprint density at radius 3 is 2.88 bits per heavy atom. The van der Waals surface area contributed by atoms with Crippen LogP contribution in [0, 0.1) is 19.8 Å². The van der Waals surface area contributed by atoms with Gasteiger partial charge in [-0.3, -0.25) is 0 Å². The van der Waals surface area contributed by atoms with Gasteiger partial charge in [0.25, 0.3) is 0 Å². The lowest BCUT2D eigenvalue weighted by atomic mass is 9.91. The van der Waals surface area contributed by atoms with Crippen LogP contribution in [0.5, 0.6) is 0 Å². The molecule has 1 fully saturated rings. The standard InChI is InChI=1S/C15H23NS/c1-11-4-5-12(2)14(8-11)9-15(16-3)13-6-7-17-10-13/h4-5,8,13,15-16H,6-7,9-10H2,1-3H3. The number of likely N-dealkylation sites (N-methyl/N-ethyl adjacent to an activating group) is 1. The van der Waals surface area contributed by atoms with Gasteiger partial charge >= 0.3 is 0 Å². The van der Waals surface area contributed by atoms with E-state index >= 15 is 0 Å². The van der Waals surface area contributed by atoms with Crippen LogP contribution in [0.4, 0.5) is 0 Å². The fourth-order valence-corrected chi connectivity index (χ4v) is 3.97. The fourth-order valence-electron chi connectivity index (χ4n) is 2.63. The predicted molar refractivity (Wildman–Crippen MR) is 77.9 cm³/mol. The van der Waals surface area contributed by atoms with Crippen molar-refractivity contribution in [2.45, 2.75) is 32.7 Å². The monoisotopic (exact) mass is 249 g/mol. The zero-order valence-electron chi connectivity index (χ0n) is 11.1. The molecule has 1 aromatic rings. The predicted octanol–water partition coefficient (Wildman–Crippen LogP) is 3.19. The van der Waals surface area contributed by atoms with E-state index in [4.69, 9.17) is 0 Å². The molecule has 94 valence electrons. The molecule has 1 N–H and O–H groups in total. The summed E-state index contributed by atoms with van der Waals surface area (Å²) in [5.74, 6) is 3.52. The summed E-state index contributed by atoms with van der Waals surface area (Å²) in [7, 11) is 2.11. The van der Waals surface area contributed by atoms with Gasteiger partial charge in [0.2, 0.25) is 0 Å². The van der Waals surface area contributed by atoms with Crippen molar-refractivity contribution in [3.8, 4) is 0 Å². The van der Waals surface area contributed by atoms with Crippen molar-refractivity contribution in [3.05, 3.63) is 34.9 Å². The fraction of sp³-hybridized carbons (Fsp3) is 0.600. The quantitative estimate of drug-likeness (QED) is 0.879. The summed E-state index contributed by atoms with van der Waals surface area (Å²) in [4.78, 5) is 0. The first kappa shape index (κ1) is 13.0. The van der Waals surface area contributed by atoms with E-state index in [9.17, 15) is 0 Å². The number of rotatable bonds is 4. The second-order valence-electron chi connectivity index (χ2n) is 5.15. The molecule has 0 saturated carbocycles. The van der Waals surface area contributed by atoms with E-state index in [1.54, 1.807) is 0 Å². The van der Waals surface area contributed by atoms with Crippen LogP contribution >= 0.6 is 11.8 Å². The molecule has 2 rings (SSSR count). The minimum atomic E-state index is 0.644. The Balaban J connectivity index is 2.09. The van der Waals surface area contributed by atoms with Gasteiger partial charge in [-0.15, -0.1) is 0 Å². The van der Waals surface area contributed by atoms with Crippen LogP contribution in [0.3, 0.4) is 0 Å². The van der Waals surface area contributed by atoms with Crippen molar-refractivity contribution < 1.29 is 0 Å². The van der Waals surface area contributed by atoms with Gasteiger partial charge in [-0.05, 0) is 62.3 Å². The lowest BCUT2D eigenvalue weighted by Gasteiger charge is -2.23. The summed E-state index contributed by atoms with van der Waals surface area (Å²) in [5.41, 5.74) is 4.32. The highest BCUT2D eigenvalue weighted by Gasteiger charge is 2.24. The van der Waals surface area contributed by atoms with Gasteiger partial charge in [0.05, 0.1) is 0 Å². The number of hydrogen-bond acceptors (Lipinski definition) is 2. The van der Waals surface area contributed by atoms with E-state index in [1.807, 2.05) is 0 Å². The smallest absolute Gasteiger partial charge is 0.0141 e. The maximum atomic E-state index is 3.53. The Bertz CT molecular complexity index is 369. The summed E-state index contributed by atoms with van der Waals surface area (Å²) in [6, 6.07) is 7.45. The first-order valence-corrected chi connectivity index (χ1v) is 7.67. The van der Waals surface area contributed by atoms with Crippen LogP contribution in [0.15, 0.2) is 18.2 Å². The Morgan fingerprint density at radius 2 is 2.24 bits per heavy atom. The maximum Gasteiger partial charge on any atom is 0.0141 e. The minimum absolute atomic E-state index is 0.644. The summed E-state index contributed by atoms with van der Waals surface area (Å²) < 4.78 is 0. The van der Waals surface area contributed by atoms with Crippen molar-refractivity contribution in [2.24, 2.45) is 5.92 Å². The van der Waals surface area contributed by atoms with Crippen LogP contribution in [0.1, 0.15) is 23.1 Å². The van der Waals surface area contributed by atoms with Gasteiger partial charge in [0.15, 0.2) is 0 Å². The molecule has 1 aromatic carbocycles. The van der Waals surface area contributed by atoms with Gasteiger partial charge in [-0.2, -0.15) is 11.8 Å². The molecule has 1 heterocycles. The third-order valence-electron chi connectivity index (χ3n) is 3.85. The molecule has 0 aromatic heterocycles. The molecule has 1 nitrogen and oxygen atoms in total. The van der Waals surface area contributed by atoms with Crippen LogP contribution in [0.25, 0.3) is 0 Å². The highest BCUT2D eigenvalue weighted by molar-refractivity contribution is 7.99. The Labute approximate surface area is 109 Å². The topological polar surface area (TPSA) is 12.0 Å². The van der Waals surface area contributed by atoms with E-state index in [2.05, 4.69) is 56.2 Å². The molecular formula is C15H23NS. The SMILES string of the molecule is CNC(Cc1cc(C)ccc1C)C1CCSC1. The summed E-state index contributed by atoms with van der Waals surface area (Å²) in [6.45, 7) is 4.41. The van der Waals surface area contributed by atoms with E-state index in [0.717, 1.165) is 5.92 Å². The van der Waals surface area contributed by atoms with Gasteiger partial charge in [0, 0.05) is 6.04 Å². The molecule has 17 heavy (non-hydrogen) atoms. The van der Waals surface area contributed by atoms with Gasteiger partial charge in [-0.1, -0.05) is 23.8 Å². The van der Waals surface area contributed by atoms with Crippen molar-refractivity contribution in [2.75, 3.05) is 18.6 Å². The van der Waals surface area contributed by atoms with Crippen LogP contribution in [0.2, 0.25) is 0 Å². The summed E-state index contributed by atoms with van der Waals surface area (Å²) in [6.07, 6.45) is 2.55. The Kier molecular flexibility index (Phi) is 4.52. The summed E-state index contributed by atoms with van der Waals surface area (Å²) >= 11 is 2.10. The van der Waals surface area contributed by atoms with Crippen LogP contribution < -0.4 is 5.32 Å². The first-order chi connectivity index (χ1) is 8.20. The molecular weight excluding hydrogens is 226 g/mol. The van der Waals surface area contributed by atoms with Gasteiger partial charge in [0.1, 0.15) is 0 Å². The molecule has 0 bridgehead atoms. The lowest BCUT2D eigenvalue weighted by molar-refractivity contribution is 0.403. The third-order valence-corrected chi connectivity index (χ3v) is 5.04. The normalized spacial score (nSPS) is 21.7. The maximum absolute atomic E-state index is 3.53. The van der Waals surface area contributed by atoms with Gasteiger partial charge in [-0.25, -0.2) is 0 Å². The second-order valence-corrected chi connectivity index (χ2v) is 6.30. The van der Waals surface area contributed by atoms with Crippen molar-refractivity contribution in [3.63, 3.8) is 0 Å². The van der Waals surface area contributed by atoms with Crippen molar-refractivity contribution in [1.29, 1.82) is 0 Å². The first-order valence-electron chi connectivity index (χ1n) is 6.52. The molecule has 2 unspecified atom stereocenters. The van der Waals surface area contributed by atoms with E-state index in [1.165, 1.54) is 41.0 Å². The van der Waals surface area contributed by atoms with E-state index < -0.39 is 0 Å². The average molecular weight is 249 g/mol. The highest BCUT2D eigenvalue weighted by Crippen LogP contribution is 2.28. The number of nitrogens with one attached hydrogen (secondary N) is 1. The van der Waals surface area contributed by atoms with E-state index in [-0.39, 0.29) is 0 Å². The Morgan fingerprint density at radius 1 is 1.41 bits per heavy atom. The molecule has 1 saturated heterocycles. The average Bonchev–Trinajstić information content (AvgIpc) is 2.84. The lowest BCUT2D eigenvalue weighted by Crippen LogP contribution is -2.35. The molecule has 0 radical (unpaired) electrons. The minimum Gasteiger partial charge on any atom is -0.316 e. The van der Waals surface area contributed by atoms with Gasteiger partial charge < -0.3 is 5.32 Å². The number of hydrogen-bond donors (Lipinski definition) is 1. The number of benzene rings is 1. The van der Waals surface area contributed by atoms with Crippen LogP contribution in [-0.4, -0.2) is 24.6 Å². The molecule has 0 aliphatic carbocycles. The second kappa shape index (κ2) is 5.92. The Hall–Kier alpha value is -0.470. The largest absolute Gasteiger partial charge is 0.316 e. The highest BCUT2D eigenvalue weighted by atomic mass is 32.2. The molecule has 0 amide bonds. The van der Waals surface area contributed by atoms with Crippen LogP contribution in [-0.2, 0) is 6.42 Å². The number of aryl methyl sites for hydroxylation is 2. The molecule has 2 atom stereocenters. The van der Waals surface area contributed by atoms with Crippen molar-refractivity contribution >= 4 is 11.8 Å². The molecule has 1 aliphatic rings. The molecule has 2 heteroatoms.